The maximum atomic E-state index is 12.2. The minimum absolute atomic E-state index is 0. The van der Waals surface area contributed by atoms with Gasteiger partial charge in [-0.2, -0.15) is 0 Å². The lowest BCUT2D eigenvalue weighted by Crippen LogP contribution is -2.52. The number of guanidine groups is 1. The molecular formula is C21H27ClIN5O2. The van der Waals surface area contributed by atoms with Crippen molar-refractivity contribution in [1.29, 1.82) is 0 Å². The van der Waals surface area contributed by atoms with E-state index in [1.165, 1.54) is 12.1 Å². The lowest BCUT2D eigenvalue weighted by Gasteiger charge is -2.38. The van der Waals surface area contributed by atoms with Crippen molar-refractivity contribution in [3.8, 4) is 5.75 Å². The molecular weight excluding hydrogens is 517 g/mol. The molecule has 1 heterocycles. The number of hydrogen-bond donors (Lipinski definition) is 3. The minimum atomic E-state index is -0.208. The molecule has 0 saturated carbocycles. The molecule has 162 valence electrons. The minimum Gasteiger partial charge on any atom is -0.508 e. The van der Waals surface area contributed by atoms with E-state index in [9.17, 15) is 9.90 Å². The van der Waals surface area contributed by atoms with E-state index in [1.54, 1.807) is 12.1 Å². The van der Waals surface area contributed by atoms with Gasteiger partial charge in [0.1, 0.15) is 12.3 Å². The van der Waals surface area contributed by atoms with Crippen LogP contribution in [0.15, 0.2) is 53.5 Å². The zero-order chi connectivity index (χ0) is 20.6. The number of aromatic hydroxyl groups is 1. The molecule has 3 N–H and O–H groups in total. The van der Waals surface area contributed by atoms with Crippen molar-refractivity contribution in [3.63, 3.8) is 0 Å². The topological polar surface area (TPSA) is 80.2 Å². The smallest absolute Gasteiger partial charge is 0.246 e. The van der Waals surface area contributed by atoms with Crippen LogP contribution in [0.4, 0.5) is 11.4 Å². The molecule has 2 aromatic rings. The van der Waals surface area contributed by atoms with Crippen LogP contribution >= 0.6 is 35.6 Å². The van der Waals surface area contributed by atoms with E-state index in [0.29, 0.717) is 5.69 Å². The number of carbonyl (C=O) groups excluding carboxylic acids is 1. The van der Waals surface area contributed by atoms with Crippen molar-refractivity contribution in [2.75, 3.05) is 49.5 Å². The second-order valence-electron chi connectivity index (χ2n) is 6.69. The normalized spacial score (nSPS) is 14.1. The maximum absolute atomic E-state index is 12.2. The number of anilines is 2. The Morgan fingerprint density at radius 3 is 2.40 bits per heavy atom. The number of phenols is 1. The monoisotopic (exact) mass is 543 g/mol. The van der Waals surface area contributed by atoms with Gasteiger partial charge in [0.05, 0.1) is 10.7 Å². The fraction of sp³-hybridized carbons (Fsp3) is 0.333. The Balaban J connectivity index is 0.00000320. The molecule has 3 rings (SSSR count). The summed E-state index contributed by atoms with van der Waals surface area (Å²) in [5, 5.41) is 16.1. The van der Waals surface area contributed by atoms with Crippen molar-refractivity contribution in [2.24, 2.45) is 4.99 Å². The molecule has 30 heavy (non-hydrogen) atoms. The van der Waals surface area contributed by atoms with Gasteiger partial charge >= 0.3 is 0 Å². The van der Waals surface area contributed by atoms with Gasteiger partial charge in [0.25, 0.3) is 0 Å². The van der Waals surface area contributed by atoms with Crippen molar-refractivity contribution in [1.82, 2.24) is 10.2 Å². The molecule has 1 fully saturated rings. The predicted octanol–water partition coefficient (Wildman–Crippen LogP) is 3.39. The number of halogens is 2. The number of rotatable bonds is 5. The molecule has 1 aliphatic rings. The van der Waals surface area contributed by atoms with Crippen molar-refractivity contribution in [2.45, 2.75) is 6.92 Å². The highest BCUT2D eigenvalue weighted by Gasteiger charge is 2.21. The first-order chi connectivity index (χ1) is 14.1. The number of aliphatic imine (C=N–C) groups is 1. The number of benzene rings is 2. The van der Waals surface area contributed by atoms with Gasteiger partial charge in [-0.3, -0.25) is 4.79 Å². The molecule has 1 aliphatic heterocycles. The third-order valence-corrected chi connectivity index (χ3v) is 4.95. The SMILES string of the molecule is CCNC(=NCC(=O)Nc1ccc(O)cc1)N1CCN(c2ccccc2Cl)CC1.I. The Labute approximate surface area is 199 Å². The number of piperazine rings is 1. The zero-order valence-corrected chi connectivity index (χ0v) is 19.9. The lowest BCUT2D eigenvalue weighted by molar-refractivity contribution is -0.114. The van der Waals surface area contributed by atoms with Crippen LogP contribution in [0.2, 0.25) is 5.02 Å². The van der Waals surface area contributed by atoms with Gasteiger partial charge in [0, 0.05) is 38.4 Å². The average molecular weight is 544 g/mol. The first-order valence-corrected chi connectivity index (χ1v) is 10.1. The number of amides is 1. The first kappa shape index (κ1) is 24.1. The predicted molar refractivity (Wildman–Crippen MR) is 133 cm³/mol. The van der Waals surface area contributed by atoms with E-state index in [-0.39, 0.29) is 42.2 Å². The molecule has 1 saturated heterocycles. The van der Waals surface area contributed by atoms with E-state index in [2.05, 4.69) is 25.4 Å². The van der Waals surface area contributed by atoms with E-state index in [1.807, 2.05) is 31.2 Å². The average Bonchev–Trinajstić information content (AvgIpc) is 2.73. The summed E-state index contributed by atoms with van der Waals surface area (Å²) in [5.41, 5.74) is 1.67. The summed E-state index contributed by atoms with van der Waals surface area (Å²) in [6.07, 6.45) is 0. The number of nitrogens with zero attached hydrogens (tertiary/aromatic N) is 3. The van der Waals surface area contributed by atoms with Crippen LogP contribution in [-0.4, -0.2) is 61.1 Å². The number of phenolic OH excluding ortho intramolecular Hbond substituents is 1. The Morgan fingerprint density at radius 1 is 1.10 bits per heavy atom. The van der Waals surface area contributed by atoms with Crippen molar-refractivity contribution >= 4 is 58.8 Å². The molecule has 0 spiro atoms. The summed E-state index contributed by atoms with van der Waals surface area (Å²) in [5.74, 6) is 0.680. The van der Waals surface area contributed by atoms with Gasteiger partial charge in [-0.05, 0) is 43.3 Å². The lowest BCUT2D eigenvalue weighted by atomic mass is 10.2. The third-order valence-electron chi connectivity index (χ3n) is 4.63. The van der Waals surface area contributed by atoms with Gasteiger partial charge in [-0.15, -0.1) is 24.0 Å². The zero-order valence-electron chi connectivity index (χ0n) is 16.8. The number of nitrogens with one attached hydrogen (secondary N) is 2. The van der Waals surface area contributed by atoms with Gasteiger partial charge in [-0.1, -0.05) is 23.7 Å². The van der Waals surface area contributed by atoms with E-state index in [0.717, 1.165) is 49.4 Å². The van der Waals surface area contributed by atoms with Crippen LogP contribution in [-0.2, 0) is 4.79 Å². The number of para-hydroxylation sites is 1. The van der Waals surface area contributed by atoms with Crippen molar-refractivity contribution in [3.05, 3.63) is 53.6 Å². The van der Waals surface area contributed by atoms with Crippen LogP contribution in [0.5, 0.6) is 5.75 Å². The highest BCUT2D eigenvalue weighted by Crippen LogP contribution is 2.26. The van der Waals surface area contributed by atoms with Crippen LogP contribution in [0.1, 0.15) is 6.92 Å². The molecule has 0 radical (unpaired) electrons. The standard InChI is InChI=1S/C21H26ClN5O2.HI/c1-2-23-21(24-15-20(29)25-16-7-9-17(28)10-8-16)27-13-11-26(12-14-27)19-6-4-3-5-18(19)22;/h3-10,28H,2,11-15H2,1H3,(H,23,24)(H,25,29);1H. The first-order valence-electron chi connectivity index (χ1n) is 9.68. The third kappa shape index (κ3) is 6.66. The van der Waals surface area contributed by atoms with Crippen LogP contribution in [0.3, 0.4) is 0 Å². The van der Waals surface area contributed by atoms with Gasteiger partial charge in [0.15, 0.2) is 5.96 Å². The van der Waals surface area contributed by atoms with E-state index >= 15 is 0 Å². The fourth-order valence-electron chi connectivity index (χ4n) is 3.19. The van der Waals surface area contributed by atoms with E-state index in [4.69, 9.17) is 11.6 Å². The molecule has 0 atom stereocenters. The van der Waals surface area contributed by atoms with Crippen LogP contribution in [0, 0.1) is 0 Å². The molecule has 0 unspecified atom stereocenters. The second kappa shape index (κ2) is 11.8. The molecule has 9 heteroatoms. The van der Waals surface area contributed by atoms with Crippen LogP contribution < -0.4 is 15.5 Å². The highest BCUT2D eigenvalue weighted by molar-refractivity contribution is 14.0. The molecule has 7 nitrogen and oxygen atoms in total. The van der Waals surface area contributed by atoms with E-state index < -0.39 is 0 Å². The Morgan fingerprint density at radius 2 is 1.77 bits per heavy atom. The molecule has 0 aromatic heterocycles. The van der Waals surface area contributed by atoms with Gasteiger partial charge < -0.3 is 25.5 Å². The summed E-state index contributed by atoms with van der Waals surface area (Å²) in [4.78, 5) is 21.1. The highest BCUT2D eigenvalue weighted by atomic mass is 127. The Kier molecular flexibility index (Phi) is 9.51. The largest absolute Gasteiger partial charge is 0.508 e. The molecule has 0 bridgehead atoms. The van der Waals surface area contributed by atoms with Crippen LogP contribution in [0.25, 0.3) is 0 Å². The summed E-state index contributed by atoms with van der Waals surface area (Å²) >= 11 is 6.32. The molecule has 2 aromatic carbocycles. The Bertz CT molecular complexity index is 855. The summed E-state index contributed by atoms with van der Waals surface area (Å²) in [6, 6.07) is 14.2. The van der Waals surface area contributed by atoms with Gasteiger partial charge in [0.2, 0.25) is 5.91 Å². The fourth-order valence-corrected chi connectivity index (χ4v) is 3.44. The Hall–Kier alpha value is -2.20. The quantitative estimate of drug-likeness (QED) is 0.233. The van der Waals surface area contributed by atoms with Crippen molar-refractivity contribution < 1.29 is 9.90 Å². The number of carbonyl (C=O) groups is 1. The molecule has 1 amide bonds. The summed E-state index contributed by atoms with van der Waals surface area (Å²) in [7, 11) is 0. The maximum Gasteiger partial charge on any atom is 0.246 e. The number of hydrogen-bond acceptors (Lipinski definition) is 4. The molecule has 0 aliphatic carbocycles. The summed E-state index contributed by atoms with van der Waals surface area (Å²) < 4.78 is 0. The second-order valence-corrected chi connectivity index (χ2v) is 7.10. The summed E-state index contributed by atoms with van der Waals surface area (Å²) in [6.45, 7) is 5.98. The van der Waals surface area contributed by atoms with Gasteiger partial charge in [-0.25, -0.2) is 4.99 Å².